The molecule has 0 radical (unpaired) electrons. The van der Waals surface area contributed by atoms with E-state index in [9.17, 15) is 9.59 Å². The van der Waals surface area contributed by atoms with E-state index in [1.54, 1.807) is 6.92 Å². The number of carbonyl (C=O) groups excluding carboxylic acids is 2. The predicted octanol–water partition coefficient (Wildman–Crippen LogP) is 4.41. The van der Waals surface area contributed by atoms with Gasteiger partial charge in [-0.3, -0.25) is 9.59 Å². The molecule has 0 aromatic heterocycles. The van der Waals surface area contributed by atoms with Crippen molar-refractivity contribution in [2.24, 2.45) is 11.1 Å². The minimum Gasteiger partial charge on any atom is -0.366 e. The third-order valence-corrected chi connectivity index (χ3v) is 4.46. The van der Waals surface area contributed by atoms with E-state index in [1.165, 1.54) is 36.5 Å². The number of primary amides is 1. The molecule has 0 heterocycles. The van der Waals surface area contributed by atoms with Crippen LogP contribution in [0.25, 0.3) is 0 Å². The number of rotatable bonds is 6. The van der Waals surface area contributed by atoms with Gasteiger partial charge in [0.1, 0.15) is 0 Å². The molecular formula is C20H29NO2. The Morgan fingerprint density at radius 2 is 1.91 bits per heavy atom. The molecule has 3 nitrogen and oxygen atoms in total. The van der Waals surface area contributed by atoms with Crippen LogP contribution >= 0.6 is 0 Å². The highest BCUT2D eigenvalue weighted by atomic mass is 16.1. The number of hydrogen-bond donors (Lipinski definition) is 1. The Kier molecular flexibility index (Phi) is 6.74. The van der Waals surface area contributed by atoms with Gasteiger partial charge >= 0.3 is 0 Å². The average molecular weight is 315 g/mol. The molecule has 0 spiro atoms. The number of ketones is 1. The summed E-state index contributed by atoms with van der Waals surface area (Å²) in [6.07, 6.45) is 11.3. The van der Waals surface area contributed by atoms with Gasteiger partial charge < -0.3 is 5.73 Å². The molecule has 0 aromatic carbocycles. The summed E-state index contributed by atoms with van der Waals surface area (Å²) in [6, 6.07) is 0. The molecule has 0 saturated carbocycles. The normalized spacial score (nSPS) is 19.3. The molecule has 1 aliphatic rings. The smallest absolute Gasteiger partial charge is 0.241 e. The Labute approximate surface area is 140 Å². The van der Waals surface area contributed by atoms with E-state index in [0.717, 1.165) is 5.57 Å². The van der Waals surface area contributed by atoms with Crippen molar-refractivity contribution >= 4 is 11.7 Å². The van der Waals surface area contributed by atoms with Crippen LogP contribution in [0.4, 0.5) is 0 Å². The first-order valence-corrected chi connectivity index (χ1v) is 8.19. The van der Waals surface area contributed by atoms with E-state index >= 15 is 0 Å². The van der Waals surface area contributed by atoms with Gasteiger partial charge in [0.25, 0.3) is 0 Å². The Hall–Kier alpha value is -1.90. The zero-order valence-electron chi connectivity index (χ0n) is 15.0. The number of hydrogen-bond acceptors (Lipinski definition) is 2. The summed E-state index contributed by atoms with van der Waals surface area (Å²) < 4.78 is 0. The lowest BCUT2D eigenvalue weighted by Crippen LogP contribution is -2.19. The second-order valence-corrected chi connectivity index (χ2v) is 7.07. The highest BCUT2D eigenvalue weighted by Gasteiger charge is 2.26. The van der Waals surface area contributed by atoms with Gasteiger partial charge in [-0.1, -0.05) is 43.2 Å². The molecule has 1 rings (SSSR count). The molecule has 1 amide bonds. The van der Waals surface area contributed by atoms with Crippen LogP contribution in [0.2, 0.25) is 0 Å². The topological polar surface area (TPSA) is 60.2 Å². The number of allylic oxidation sites excluding steroid dienone is 7. The zero-order valence-corrected chi connectivity index (χ0v) is 15.0. The van der Waals surface area contributed by atoms with Gasteiger partial charge in [-0.15, -0.1) is 0 Å². The molecule has 0 aliphatic heterocycles. The number of carbonyl (C=O) groups is 2. The zero-order chi connectivity index (χ0) is 17.6. The van der Waals surface area contributed by atoms with E-state index in [1.807, 2.05) is 13.0 Å². The first kappa shape index (κ1) is 19.1. The molecular weight excluding hydrogens is 286 g/mol. The lowest BCUT2D eigenvalue weighted by Gasteiger charge is -2.32. The van der Waals surface area contributed by atoms with Crippen LogP contribution in [0.15, 0.2) is 46.6 Å². The van der Waals surface area contributed by atoms with Gasteiger partial charge in [0.15, 0.2) is 5.78 Å². The van der Waals surface area contributed by atoms with Crippen LogP contribution in [-0.2, 0) is 9.59 Å². The van der Waals surface area contributed by atoms with Crippen LogP contribution < -0.4 is 5.73 Å². The fourth-order valence-electron chi connectivity index (χ4n) is 3.00. The number of Topliss-reactive ketones (excluding diaryl/α,β-unsaturated/α-hetero) is 1. The van der Waals surface area contributed by atoms with Crippen molar-refractivity contribution in [2.45, 2.75) is 60.3 Å². The summed E-state index contributed by atoms with van der Waals surface area (Å²) >= 11 is 0. The predicted molar refractivity (Wildman–Crippen MR) is 95.8 cm³/mol. The van der Waals surface area contributed by atoms with Crippen LogP contribution in [0.1, 0.15) is 60.3 Å². The van der Waals surface area contributed by atoms with E-state index in [2.05, 4.69) is 32.9 Å². The van der Waals surface area contributed by atoms with Crippen molar-refractivity contribution in [3.05, 3.63) is 46.6 Å². The average Bonchev–Trinajstić information content (AvgIpc) is 2.42. The fraction of sp³-hybridized carbons (Fsp3) is 0.500. The molecule has 0 unspecified atom stereocenters. The maximum absolute atomic E-state index is 11.9. The first-order chi connectivity index (χ1) is 10.6. The minimum absolute atomic E-state index is 0.0788. The largest absolute Gasteiger partial charge is 0.366 e. The minimum atomic E-state index is -0.585. The van der Waals surface area contributed by atoms with Crippen LogP contribution in [0, 0.1) is 5.41 Å². The van der Waals surface area contributed by atoms with E-state index in [0.29, 0.717) is 5.57 Å². The molecule has 0 aromatic rings. The Morgan fingerprint density at radius 3 is 2.48 bits per heavy atom. The Bertz CT molecular complexity index is 601. The van der Waals surface area contributed by atoms with Gasteiger partial charge in [-0.2, -0.15) is 0 Å². The highest BCUT2D eigenvalue weighted by molar-refractivity contribution is 6.01. The van der Waals surface area contributed by atoms with Gasteiger partial charge in [-0.25, -0.2) is 0 Å². The molecule has 0 saturated heterocycles. The summed E-state index contributed by atoms with van der Waals surface area (Å²) in [5.74, 6) is -0.664. The van der Waals surface area contributed by atoms with Gasteiger partial charge in [-0.05, 0) is 56.6 Å². The number of nitrogens with two attached hydrogens (primary N) is 1. The molecule has 0 atom stereocenters. The summed E-state index contributed by atoms with van der Waals surface area (Å²) in [6.45, 7) is 10.4. The van der Waals surface area contributed by atoms with Crippen molar-refractivity contribution in [3.8, 4) is 0 Å². The van der Waals surface area contributed by atoms with Crippen LogP contribution in [-0.4, -0.2) is 11.7 Å². The monoisotopic (exact) mass is 315 g/mol. The SMILES string of the molecule is CC(C=CC1=C(C)CCCC1(C)C)=CCC(=O)C(C)=CC(N)=O. The lowest BCUT2D eigenvalue weighted by atomic mass is 9.72. The molecule has 126 valence electrons. The molecule has 1 aliphatic carbocycles. The molecule has 2 N–H and O–H groups in total. The third-order valence-electron chi connectivity index (χ3n) is 4.46. The first-order valence-electron chi connectivity index (χ1n) is 8.19. The lowest BCUT2D eigenvalue weighted by molar-refractivity contribution is -0.116. The Balaban J connectivity index is 2.77. The van der Waals surface area contributed by atoms with E-state index in [4.69, 9.17) is 5.73 Å². The standard InChI is InChI=1S/C20H29NO2/c1-14(9-11-18(22)16(3)13-19(21)23)8-10-17-15(2)7-6-12-20(17,4)5/h8-10,13H,6-7,11-12H2,1-5H3,(H2,21,23). The number of amides is 1. The maximum atomic E-state index is 11.9. The Morgan fingerprint density at radius 1 is 1.26 bits per heavy atom. The van der Waals surface area contributed by atoms with Crippen molar-refractivity contribution in [3.63, 3.8) is 0 Å². The van der Waals surface area contributed by atoms with Crippen molar-refractivity contribution in [2.75, 3.05) is 0 Å². The van der Waals surface area contributed by atoms with Crippen LogP contribution in [0.3, 0.4) is 0 Å². The molecule has 3 heteroatoms. The summed E-state index contributed by atoms with van der Waals surface area (Å²) in [5.41, 5.74) is 9.59. The van der Waals surface area contributed by atoms with Gasteiger partial charge in [0, 0.05) is 12.5 Å². The van der Waals surface area contributed by atoms with Crippen molar-refractivity contribution < 1.29 is 9.59 Å². The van der Waals surface area contributed by atoms with Gasteiger partial charge in [0.2, 0.25) is 5.91 Å². The van der Waals surface area contributed by atoms with Crippen molar-refractivity contribution in [1.82, 2.24) is 0 Å². The molecule has 0 bridgehead atoms. The van der Waals surface area contributed by atoms with E-state index < -0.39 is 5.91 Å². The maximum Gasteiger partial charge on any atom is 0.241 e. The second-order valence-electron chi connectivity index (χ2n) is 7.07. The van der Waals surface area contributed by atoms with Crippen molar-refractivity contribution in [1.29, 1.82) is 0 Å². The summed E-state index contributed by atoms with van der Waals surface area (Å²) in [7, 11) is 0. The van der Waals surface area contributed by atoms with Crippen LogP contribution in [0.5, 0.6) is 0 Å². The van der Waals surface area contributed by atoms with Gasteiger partial charge in [0.05, 0.1) is 0 Å². The summed E-state index contributed by atoms with van der Waals surface area (Å²) in [5, 5.41) is 0. The third kappa shape index (κ3) is 6.01. The van der Waals surface area contributed by atoms with E-state index in [-0.39, 0.29) is 17.6 Å². The highest BCUT2D eigenvalue weighted by Crippen LogP contribution is 2.40. The fourth-order valence-corrected chi connectivity index (χ4v) is 3.00. The second kappa shape index (κ2) is 8.09. The quantitative estimate of drug-likeness (QED) is 0.583. The molecule has 23 heavy (non-hydrogen) atoms. The molecule has 0 fully saturated rings. The summed E-state index contributed by atoms with van der Waals surface area (Å²) in [4.78, 5) is 22.7.